The predicted molar refractivity (Wildman–Crippen MR) is 86.1 cm³/mol. The highest BCUT2D eigenvalue weighted by atomic mass is 32.1. The second-order valence-corrected chi connectivity index (χ2v) is 6.16. The Morgan fingerprint density at radius 3 is 2.86 bits per heavy atom. The van der Waals surface area contributed by atoms with Gasteiger partial charge in [-0.2, -0.15) is 0 Å². The maximum absolute atomic E-state index is 12.0. The number of nitrogens with two attached hydrogens (primary N) is 1. The smallest absolute Gasteiger partial charge is 0.243 e. The van der Waals surface area contributed by atoms with Crippen LogP contribution in [0.4, 0.5) is 5.13 Å². The molecule has 1 aromatic heterocycles. The number of carbonyl (C=O) groups is 1. The van der Waals surface area contributed by atoms with Gasteiger partial charge in [-0.3, -0.25) is 10.1 Å². The summed E-state index contributed by atoms with van der Waals surface area (Å²) in [6, 6.07) is 7.49. The zero-order valence-electron chi connectivity index (χ0n) is 12.5. The Balaban J connectivity index is 2.08. The molecule has 2 rings (SSSR count). The molecule has 0 fully saturated rings. The van der Waals surface area contributed by atoms with Gasteiger partial charge in [0.05, 0.1) is 6.04 Å². The number of aryl methyl sites for hydroxylation is 1. The van der Waals surface area contributed by atoms with Gasteiger partial charge >= 0.3 is 0 Å². The molecule has 0 saturated carbocycles. The molecule has 21 heavy (non-hydrogen) atoms. The van der Waals surface area contributed by atoms with E-state index < -0.39 is 6.04 Å². The molecule has 2 atom stereocenters. The number of amides is 1. The minimum atomic E-state index is -0.527. The maximum atomic E-state index is 12.0. The van der Waals surface area contributed by atoms with Crippen molar-refractivity contribution >= 4 is 22.4 Å². The first-order valence-corrected chi connectivity index (χ1v) is 7.80. The second kappa shape index (κ2) is 6.78. The number of rotatable bonds is 5. The summed E-state index contributed by atoms with van der Waals surface area (Å²) in [5.74, 6) is -0.0783. The van der Waals surface area contributed by atoms with Crippen LogP contribution in [0, 0.1) is 12.8 Å². The van der Waals surface area contributed by atoms with Crippen molar-refractivity contribution in [1.82, 2.24) is 10.2 Å². The first kappa shape index (κ1) is 15.6. The maximum Gasteiger partial charge on any atom is 0.243 e. The summed E-state index contributed by atoms with van der Waals surface area (Å²) in [5.41, 5.74) is 8.06. The summed E-state index contributed by atoms with van der Waals surface area (Å²) in [6.45, 7) is 6.00. The number of hydrogen-bond acceptors (Lipinski definition) is 5. The van der Waals surface area contributed by atoms with Crippen LogP contribution in [0.5, 0.6) is 0 Å². The van der Waals surface area contributed by atoms with Crippen LogP contribution < -0.4 is 11.1 Å². The van der Waals surface area contributed by atoms with E-state index in [0.717, 1.165) is 22.6 Å². The average Bonchev–Trinajstić information content (AvgIpc) is 2.94. The Labute approximate surface area is 128 Å². The molecular formula is C15H20N4OS. The van der Waals surface area contributed by atoms with Gasteiger partial charge in [0, 0.05) is 5.56 Å². The topological polar surface area (TPSA) is 80.9 Å². The Morgan fingerprint density at radius 2 is 2.19 bits per heavy atom. The zero-order chi connectivity index (χ0) is 15.4. The number of aromatic nitrogens is 2. The van der Waals surface area contributed by atoms with Crippen LogP contribution in [-0.4, -0.2) is 22.1 Å². The average molecular weight is 304 g/mol. The molecule has 0 unspecified atom stereocenters. The summed E-state index contributed by atoms with van der Waals surface area (Å²) in [6.07, 6.45) is 0.860. The van der Waals surface area contributed by atoms with E-state index in [0.29, 0.717) is 5.13 Å². The Bertz CT molecular complexity index is 626. The quantitative estimate of drug-likeness (QED) is 0.890. The van der Waals surface area contributed by atoms with Gasteiger partial charge in [0.25, 0.3) is 0 Å². The van der Waals surface area contributed by atoms with Crippen LogP contribution >= 0.6 is 11.3 Å². The van der Waals surface area contributed by atoms with E-state index in [-0.39, 0.29) is 11.8 Å². The molecule has 0 saturated heterocycles. The van der Waals surface area contributed by atoms with Gasteiger partial charge in [-0.15, -0.1) is 10.2 Å². The van der Waals surface area contributed by atoms with Crippen molar-refractivity contribution in [2.75, 3.05) is 5.32 Å². The van der Waals surface area contributed by atoms with E-state index in [1.165, 1.54) is 11.3 Å². The highest BCUT2D eigenvalue weighted by molar-refractivity contribution is 7.18. The largest absolute Gasteiger partial charge is 0.320 e. The molecule has 0 aliphatic rings. The van der Waals surface area contributed by atoms with Gasteiger partial charge < -0.3 is 5.73 Å². The summed E-state index contributed by atoms with van der Waals surface area (Å²) >= 11 is 1.35. The van der Waals surface area contributed by atoms with Crippen molar-refractivity contribution in [3.8, 4) is 10.6 Å². The third kappa shape index (κ3) is 3.86. The molecule has 0 radical (unpaired) electrons. The minimum absolute atomic E-state index is 0.133. The normalized spacial score (nSPS) is 13.7. The Hall–Kier alpha value is -1.79. The standard InChI is InChI=1S/C15H20N4OS/c1-4-10(3)12(16)13(20)17-15-19-18-14(21-15)11-7-5-6-9(2)8-11/h5-8,10,12H,4,16H2,1-3H3,(H,17,19,20)/t10-,12+/m1/s1. The van der Waals surface area contributed by atoms with E-state index in [9.17, 15) is 4.79 Å². The van der Waals surface area contributed by atoms with Crippen LogP contribution in [0.1, 0.15) is 25.8 Å². The fourth-order valence-corrected chi connectivity index (χ4v) is 2.61. The van der Waals surface area contributed by atoms with Gasteiger partial charge in [-0.05, 0) is 18.9 Å². The van der Waals surface area contributed by atoms with Crippen LogP contribution in [0.25, 0.3) is 10.6 Å². The Morgan fingerprint density at radius 1 is 1.43 bits per heavy atom. The summed E-state index contributed by atoms with van der Waals surface area (Å²) in [4.78, 5) is 12.0. The van der Waals surface area contributed by atoms with E-state index in [1.54, 1.807) is 0 Å². The van der Waals surface area contributed by atoms with Gasteiger partial charge in [0.1, 0.15) is 5.01 Å². The lowest BCUT2D eigenvalue weighted by Crippen LogP contribution is -2.40. The molecule has 3 N–H and O–H groups in total. The van der Waals surface area contributed by atoms with Crippen LogP contribution in [0.15, 0.2) is 24.3 Å². The fraction of sp³-hybridized carbons (Fsp3) is 0.400. The molecule has 1 amide bonds. The molecule has 6 heteroatoms. The fourth-order valence-electron chi connectivity index (χ4n) is 1.87. The van der Waals surface area contributed by atoms with E-state index >= 15 is 0 Å². The second-order valence-electron chi connectivity index (χ2n) is 5.18. The minimum Gasteiger partial charge on any atom is -0.320 e. The molecule has 0 aliphatic carbocycles. The number of anilines is 1. The molecule has 0 bridgehead atoms. The van der Waals surface area contributed by atoms with Crippen LogP contribution in [0.3, 0.4) is 0 Å². The lowest BCUT2D eigenvalue weighted by Gasteiger charge is -2.16. The summed E-state index contributed by atoms with van der Waals surface area (Å²) < 4.78 is 0. The van der Waals surface area contributed by atoms with Crippen molar-refractivity contribution in [2.24, 2.45) is 11.7 Å². The zero-order valence-corrected chi connectivity index (χ0v) is 13.3. The van der Waals surface area contributed by atoms with E-state index in [1.807, 2.05) is 45.0 Å². The lowest BCUT2D eigenvalue weighted by molar-refractivity contribution is -0.118. The van der Waals surface area contributed by atoms with Crippen LogP contribution in [-0.2, 0) is 4.79 Å². The number of benzene rings is 1. The highest BCUT2D eigenvalue weighted by Gasteiger charge is 2.20. The lowest BCUT2D eigenvalue weighted by atomic mass is 10.00. The summed E-state index contributed by atoms with van der Waals surface area (Å²) in [5, 5.41) is 12.1. The predicted octanol–water partition coefficient (Wildman–Crippen LogP) is 2.83. The molecule has 112 valence electrons. The molecule has 5 nitrogen and oxygen atoms in total. The van der Waals surface area contributed by atoms with Crippen molar-refractivity contribution in [2.45, 2.75) is 33.2 Å². The monoisotopic (exact) mass is 304 g/mol. The van der Waals surface area contributed by atoms with Crippen molar-refractivity contribution < 1.29 is 4.79 Å². The number of nitrogens with one attached hydrogen (secondary N) is 1. The SMILES string of the molecule is CC[C@@H](C)[C@H](N)C(=O)Nc1nnc(-c2cccc(C)c2)s1. The number of carbonyl (C=O) groups excluding carboxylic acids is 1. The Kier molecular flexibility index (Phi) is 5.03. The number of nitrogens with zero attached hydrogens (tertiary/aromatic N) is 2. The van der Waals surface area contributed by atoms with Crippen LogP contribution in [0.2, 0.25) is 0 Å². The van der Waals surface area contributed by atoms with Crippen molar-refractivity contribution in [3.05, 3.63) is 29.8 Å². The summed E-state index contributed by atoms with van der Waals surface area (Å²) in [7, 11) is 0. The third-order valence-corrected chi connectivity index (χ3v) is 4.37. The van der Waals surface area contributed by atoms with Gasteiger partial charge in [0.2, 0.25) is 11.0 Å². The number of hydrogen-bond donors (Lipinski definition) is 2. The molecule has 0 aliphatic heterocycles. The van der Waals surface area contributed by atoms with Crippen molar-refractivity contribution in [3.63, 3.8) is 0 Å². The van der Waals surface area contributed by atoms with Gasteiger partial charge in [-0.1, -0.05) is 55.4 Å². The molecule has 2 aromatic rings. The van der Waals surface area contributed by atoms with E-state index in [2.05, 4.69) is 15.5 Å². The van der Waals surface area contributed by atoms with Gasteiger partial charge in [-0.25, -0.2) is 0 Å². The molecular weight excluding hydrogens is 284 g/mol. The van der Waals surface area contributed by atoms with E-state index in [4.69, 9.17) is 5.73 Å². The van der Waals surface area contributed by atoms with Crippen molar-refractivity contribution in [1.29, 1.82) is 0 Å². The first-order valence-electron chi connectivity index (χ1n) is 6.98. The highest BCUT2D eigenvalue weighted by Crippen LogP contribution is 2.27. The molecule has 0 spiro atoms. The first-order chi connectivity index (χ1) is 10.0. The van der Waals surface area contributed by atoms with Gasteiger partial charge in [0.15, 0.2) is 0 Å². The third-order valence-electron chi connectivity index (χ3n) is 3.48. The molecule has 1 aromatic carbocycles. The molecule has 1 heterocycles.